The van der Waals surface area contributed by atoms with Gasteiger partial charge in [0, 0.05) is 11.6 Å². The number of rotatable bonds is 3. The minimum atomic E-state index is -1.24. The third kappa shape index (κ3) is 4.29. The first kappa shape index (κ1) is 16.5. The van der Waals surface area contributed by atoms with Crippen LogP contribution in [0.4, 0.5) is 14.9 Å². The van der Waals surface area contributed by atoms with Crippen molar-refractivity contribution < 1.29 is 28.3 Å². The molecule has 7 nitrogen and oxygen atoms in total. The van der Waals surface area contributed by atoms with E-state index in [4.69, 9.17) is 14.4 Å². The molecule has 1 aromatic heterocycles. The van der Waals surface area contributed by atoms with Crippen LogP contribution in [0.5, 0.6) is 0 Å². The highest BCUT2D eigenvalue weighted by molar-refractivity contribution is 5.88. The van der Waals surface area contributed by atoms with E-state index in [1.165, 1.54) is 18.2 Å². The van der Waals surface area contributed by atoms with Gasteiger partial charge in [0.05, 0.1) is 5.69 Å². The third-order valence-electron chi connectivity index (χ3n) is 2.62. The molecule has 0 fully saturated rings. The molecule has 0 saturated carbocycles. The maximum Gasteiger partial charge on any atom is 0.412 e. The normalized spacial score (nSPS) is 11.1. The summed E-state index contributed by atoms with van der Waals surface area (Å²) in [4.78, 5) is 22.5. The van der Waals surface area contributed by atoms with Crippen LogP contribution in [0.15, 0.2) is 28.8 Å². The van der Waals surface area contributed by atoms with E-state index in [2.05, 4.69) is 10.5 Å². The summed E-state index contributed by atoms with van der Waals surface area (Å²) in [5.41, 5.74) is -0.757. The van der Waals surface area contributed by atoms with Gasteiger partial charge >= 0.3 is 12.1 Å². The van der Waals surface area contributed by atoms with E-state index in [9.17, 15) is 14.0 Å². The van der Waals surface area contributed by atoms with Crippen molar-refractivity contribution in [1.29, 1.82) is 0 Å². The van der Waals surface area contributed by atoms with Crippen molar-refractivity contribution in [2.75, 3.05) is 5.32 Å². The monoisotopic (exact) mass is 322 g/mol. The first-order chi connectivity index (χ1) is 10.7. The number of aromatic carboxylic acids is 1. The van der Waals surface area contributed by atoms with Crippen molar-refractivity contribution in [2.45, 2.75) is 26.4 Å². The van der Waals surface area contributed by atoms with Gasteiger partial charge in [-0.2, -0.15) is 0 Å². The van der Waals surface area contributed by atoms with Gasteiger partial charge in [-0.3, -0.25) is 5.32 Å². The SMILES string of the molecule is CC(C)(C)OC(=O)Nc1cc(-c2cc(C(=O)O)no2)ccc1F. The number of carbonyl (C=O) groups excluding carboxylic acids is 1. The molecule has 0 atom stereocenters. The van der Waals surface area contributed by atoms with Crippen molar-refractivity contribution >= 4 is 17.7 Å². The molecule has 1 heterocycles. The Morgan fingerprint density at radius 2 is 2.00 bits per heavy atom. The summed E-state index contributed by atoms with van der Waals surface area (Å²) in [6.45, 7) is 5.05. The van der Waals surface area contributed by atoms with E-state index in [1.54, 1.807) is 20.8 Å². The second-order valence-electron chi connectivity index (χ2n) is 5.70. The second kappa shape index (κ2) is 6.07. The highest BCUT2D eigenvalue weighted by Crippen LogP contribution is 2.26. The lowest BCUT2D eigenvalue weighted by atomic mass is 10.1. The highest BCUT2D eigenvalue weighted by atomic mass is 19.1. The minimum absolute atomic E-state index is 0.120. The summed E-state index contributed by atoms with van der Waals surface area (Å²) in [5.74, 6) is -1.78. The number of amides is 1. The maximum absolute atomic E-state index is 13.8. The van der Waals surface area contributed by atoms with Crippen LogP contribution in [-0.4, -0.2) is 27.9 Å². The Morgan fingerprint density at radius 1 is 1.30 bits per heavy atom. The van der Waals surface area contributed by atoms with E-state index in [0.717, 1.165) is 6.07 Å². The van der Waals surface area contributed by atoms with Crippen molar-refractivity contribution in [2.24, 2.45) is 0 Å². The summed E-state index contributed by atoms with van der Waals surface area (Å²) in [6.07, 6.45) is -0.808. The lowest BCUT2D eigenvalue weighted by Crippen LogP contribution is -2.27. The fraction of sp³-hybridized carbons (Fsp3) is 0.267. The number of hydrogen-bond donors (Lipinski definition) is 2. The molecule has 0 saturated heterocycles. The molecule has 0 aliphatic carbocycles. The fourth-order valence-electron chi connectivity index (χ4n) is 1.70. The average Bonchev–Trinajstić information content (AvgIpc) is 2.89. The second-order valence-corrected chi connectivity index (χ2v) is 5.70. The maximum atomic E-state index is 13.8. The zero-order valence-electron chi connectivity index (χ0n) is 12.7. The van der Waals surface area contributed by atoms with Crippen LogP contribution in [0.3, 0.4) is 0 Å². The first-order valence-electron chi connectivity index (χ1n) is 6.65. The summed E-state index contributed by atoms with van der Waals surface area (Å²) < 4.78 is 23.7. The standard InChI is InChI=1S/C15H15FN2O5/c1-15(2,3)22-14(21)17-10-6-8(4-5-9(10)16)12-7-11(13(19)20)18-23-12/h4-7H,1-3H3,(H,17,21)(H,19,20). The zero-order valence-corrected chi connectivity index (χ0v) is 12.7. The van der Waals surface area contributed by atoms with Crippen LogP contribution >= 0.6 is 0 Å². The number of aromatic nitrogens is 1. The predicted molar refractivity (Wildman–Crippen MR) is 78.7 cm³/mol. The van der Waals surface area contributed by atoms with E-state index in [1.807, 2.05) is 0 Å². The molecule has 0 aliphatic rings. The molecule has 2 rings (SSSR count). The Balaban J connectivity index is 2.24. The van der Waals surface area contributed by atoms with E-state index in [-0.39, 0.29) is 17.1 Å². The Labute approximate surface area is 131 Å². The number of hydrogen-bond acceptors (Lipinski definition) is 5. The van der Waals surface area contributed by atoms with Crippen LogP contribution in [0.25, 0.3) is 11.3 Å². The van der Waals surface area contributed by atoms with Gasteiger partial charge in [-0.15, -0.1) is 0 Å². The Kier molecular flexibility index (Phi) is 4.35. The Morgan fingerprint density at radius 3 is 2.57 bits per heavy atom. The van der Waals surface area contributed by atoms with Crippen LogP contribution < -0.4 is 5.32 Å². The zero-order chi connectivity index (χ0) is 17.2. The number of anilines is 1. The molecule has 2 aromatic rings. The number of ether oxygens (including phenoxy) is 1. The van der Waals surface area contributed by atoms with Crippen molar-refractivity contribution in [3.05, 3.63) is 35.8 Å². The predicted octanol–water partition coefficient (Wildman–Crippen LogP) is 3.53. The molecule has 0 aliphatic heterocycles. The molecule has 23 heavy (non-hydrogen) atoms. The molecule has 0 unspecified atom stereocenters. The van der Waals surface area contributed by atoms with Crippen LogP contribution in [0, 0.1) is 5.82 Å². The van der Waals surface area contributed by atoms with Gasteiger partial charge in [0.1, 0.15) is 11.4 Å². The molecule has 0 radical (unpaired) electrons. The molecular formula is C15H15FN2O5. The molecule has 8 heteroatoms. The van der Waals surface area contributed by atoms with Gasteiger partial charge < -0.3 is 14.4 Å². The van der Waals surface area contributed by atoms with Gasteiger partial charge in [-0.1, -0.05) is 5.16 Å². The Hall–Kier alpha value is -2.90. The molecule has 0 bridgehead atoms. The number of nitrogens with zero attached hydrogens (tertiary/aromatic N) is 1. The highest BCUT2D eigenvalue weighted by Gasteiger charge is 2.18. The van der Waals surface area contributed by atoms with Crippen molar-refractivity contribution in [3.8, 4) is 11.3 Å². The van der Waals surface area contributed by atoms with Gasteiger partial charge in [0.25, 0.3) is 0 Å². The minimum Gasteiger partial charge on any atom is -0.476 e. The summed E-state index contributed by atoms with van der Waals surface area (Å²) in [7, 11) is 0. The molecule has 1 amide bonds. The number of halogens is 1. The molecular weight excluding hydrogens is 307 g/mol. The topological polar surface area (TPSA) is 102 Å². The van der Waals surface area contributed by atoms with Crippen LogP contribution in [0.2, 0.25) is 0 Å². The Bertz CT molecular complexity index is 749. The lowest BCUT2D eigenvalue weighted by Gasteiger charge is -2.19. The smallest absolute Gasteiger partial charge is 0.412 e. The van der Waals surface area contributed by atoms with Crippen LogP contribution in [-0.2, 0) is 4.74 Å². The molecule has 0 spiro atoms. The van der Waals surface area contributed by atoms with Crippen LogP contribution in [0.1, 0.15) is 31.3 Å². The number of carboxylic acid groups (broad SMARTS) is 1. The number of nitrogens with one attached hydrogen (secondary N) is 1. The quantitative estimate of drug-likeness (QED) is 0.896. The van der Waals surface area contributed by atoms with E-state index < -0.39 is 23.5 Å². The van der Waals surface area contributed by atoms with Crippen molar-refractivity contribution in [1.82, 2.24) is 5.16 Å². The largest absolute Gasteiger partial charge is 0.476 e. The van der Waals surface area contributed by atoms with E-state index in [0.29, 0.717) is 5.56 Å². The summed E-state index contributed by atoms with van der Waals surface area (Å²) >= 11 is 0. The molecule has 122 valence electrons. The number of benzene rings is 1. The number of carbonyl (C=O) groups is 2. The summed E-state index contributed by atoms with van der Waals surface area (Å²) in [5, 5.41) is 14.5. The van der Waals surface area contributed by atoms with Crippen molar-refractivity contribution in [3.63, 3.8) is 0 Å². The first-order valence-corrected chi connectivity index (χ1v) is 6.65. The summed E-state index contributed by atoms with van der Waals surface area (Å²) in [6, 6.07) is 4.99. The van der Waals surface area contributed by atoms with E-state index >= 15 is 0 Å². The van der Waals surface area contributed by atoms with Gasteiger partial charge in [-0.05, 0) is 39.0 Å². The number of carboxylic acids is 1. The van der Waals surface area contributed by atoms with Gasteiger partial charge in [-0.25, -0.2) is 14.0 Å². The lowest BCUT2D eigenvalue weighted by molar-refractivity contribution is 0.0633. The van der Waals surface area contributed by atoms with Gasteiger partial charge in [0.15, 0.2) is 11.5 Å². The molecule has 2 N–H and O–H groups in total. The molecule has 1 aromatic carbocycles. The van der Waals surface area contributed by atoms with Gasteiger partial charge in [0.2, 0.25) is 0 Å². The fourth-order valence-corrected chi connectivity index (χ4v) is 1.70. The third-order valence-corrected chi connectivity index (χ3v) is 2.62. The average molecular weight is 322 g/mol.